The first-order valence-corrected chi connectivity index (χ1v) is 11.3. The van der Waals surface area contributed by atoms with Crippen LogP contribution in [-0.4, -0.2) is 17.3 Å². The number of benzene rings is 3. The van der Waals surface area contributed by atoms with Crippen LogP contribution in [0.4, 0.5) is 5.69 Å². The van der Waals surface area contributed by atoms with E-state index in [-0.39, 0.29) is 17.2 Å². The van der Waals surface area contributed by atoms with Crippen LogP contribution in [0.3, 0.4) is 0 Å². The van der Waals surface area contributed by atoms with Gasteiger partial charge in [0.15, 0.2) is 6.29 Å². The number of anilines is 1. The largest absolute Gasteiger partial charge is 0.507 e. The van der Waals surface area contributed by atoms with Crippen molar-refractivity contribution in [3.8, 4) is 5.75 Å². The van der Waals surface area contributed by atoms with Crippen LogP contribution in [0.25, 0.3) is 0 Å². The second-order valence-corrected chi connectivity index (χ2v) is 8.10. The summed E-state index contributed by atoms with van der Waals surface area (Å²) in [7, 11) is 0. The molecule has 3 rings (SSSR count). The summed E-state index contributed by atoms with van der Waals surface area (Å²) in [6.45, 7) is 2.59. The summed E-state index contributed by atoms with van der Waals surface area (Å²) in [5, 5.41) is 9.88. The zero-order valence-electron chi connectivity index (χ0n) is 18.7. The molecule has 0 fully saturated rings. The second kappa shape index (κ2) is 11.8. The first-order valence-electron chi connectivity index (χ1n) is 11.3. The van der Waals surface area contributed by atoms with E-state index in [1.54, 1.807) is 29.2 Å². The van der Waals surface area contributed by atoms with Gasteiger partial charge in [-0.2, -0.15) is 0 Å². The molecule has 0 radical (unpaired) electrons. The molecular formula is C28H31NO3. The van der Waals surface area contributed by atoms with Gasteiger partial charge in [0.25, 0.3) is 5.91 Å². The van der Waals surface area contributed by atoms with Crippen molar-refractivity contribution < 1.29 is 14.7 Å². The van der Waals surface area contributed by atoms with Crippen LogP contribution in [0.15, 0.2) is 72.8 Å². The maximum Gasteiger partial charge on any atom is 0.258 e. The number of nitrogens with zero attached hydrogens (tertiary/aromatic N) is 1. The number of aryl methyl sites for hydroxylation is 1. The van der Waals surface area contributed by atoms with Gasteiger partial charge >= 0.3 is 0 Å². The van der Waals surface area contributed by atoms with Gasteiger partial charge in [-0.05, 0) is 54.3 Å². The molecule has 0 aliphatic heterocycles. The third-order valence-corrected chi connectivity index (χ3v) is 5.65. The molecule has 0 saturated heterocycles. The average Bonchev–Trinajstić information content (AvgIpc) is 2.84. The number of phenols is 1. The highest BCUT2D eigenvalue weighted by Crippen LogP contribution is 2.26. The number of unbranched alkanes of at least 4 members (excludes halogenated alkanes) is 4. The fourth-order valence-electron chi connectivity index (χ4n) is 3.75. The van der Waals surface area contributed by atoms with E-state index in [9.17, 15) is 14.7 Å². The molecule has 3 aromatic rings. The number of amides is 1. The van der Waals surface area contributed by atoms with E-state index in [4.69, 9.17) is 0 Å². The van der Waals surface area contributed by atoms with Crippen molar-refractivity contribution in [2.45, 2.75) is 52.0 Å². The fourth-order valence-corrected chi connectivity index (χ4v) is 3.75. The highest BCUT2D eigenvalue weighted by atomic mass is 16.3. The Hall–Kier alpha value is -3.40. The summed E-state index contributed by atoms with van der Waals surface area (Å²) in [4.78, 5) is 26.3. The standard InChI is InChI=1S/C28H31NO3/c1-2-3-4-5-7-10-22-13-15-23(16-14-22)20-29(28(32)24-11-8-6-9-12-24)26-17-18-27(31)25(19-26)21-30/h6,8-9,11-19,21,31H,2-5,7,10,20H2,1H3. The molecule has 4 heteroatoms. The van der Waals surface area contributed by atoms with E-state index in [1.165, 1.54) is 43.7 Å². The first-order chi connectivity index (χ1) is 15.6. The summed E-state index contributed by atoms with van der Waals surface area (Å²) in [5.74, 6) is -0.257. The number of rotatable bonds is 11. The number of carbonyl (C=O) groups is 2. The molecule has 166 valence electrons. The Morgan fingerprint density at radius 3 is 2.25 bits per heavy atom. The molecular weight excluding hydrogens is 398 g/mol. The second-order valence-electron chi connectivity index (χ2n) is 8.10. The number of phenolic OH excluding ortho intramolecular Hbond substituents is 1. The van der Waals surface area contributed by atoms with Gasteiger partial charge in [0.1, 0.15) is 5.75 Å². The minimum Gasteiger partial charge on any atom is -0.507 e. The van der Waals surface area contributed by atoms with E-state index >= 15 is 0 Å². The van der Waals surface area contributed by atoms with Crippen LogP contribution in [0.2, 0.25) is 0 Å². The smallest absolute Gasteiger partial charge is 0.258 e. The molecule has 0 spiro atoms. The maximum atomic E-state index is 13.3. The molecule has 0 bridgehead atoms. The van der Waals surface area contributed by atoms with Crippen molar-refractivity contribution in [2.24, 2.45) is 0 Å². The average molecular weight is 430 g/mol. The van der Waals surface area contributed by atoms with Crippen LogP contribution in [0, 0.1) is 0 Å². The Morgan fingerprint density at radius 2 is 1.56 bits per heavy atom. The van der Waals surface area contributed by atoms with Gasteiger partial charge < -0.3 is 10.0 Å². The molecule has 0 heterocycles. The zero-order chi connectivity index (χ0) is 22.8. The van der Waals surface area contributed by atoms with Crippen LogP contribution in [0.1, 0.15) is 70.9 Å². The molecule has 0 saturated carbocycles. The SMILES string of the molecule is CCCCCCCc1ccc(CN(C(=O)c2ccccc2)c2ccc(O)c(C=O)c2)cc1. The molecule has 4 nitrogen and oxygen atoms in total. The lowest BCUT2D eigenvalue weighted by atomic mass is 10.0. The molecule has 0 aliphatic rings. The van der Waals surface area contributed by atoms with E-state index < -0.39 is 0 Å². The van der Waals surface area contributed by atoms with Crippen molar-refractivity contribution in [2.75, 3.05) is 4.90 Å². The van der Waals surface area contributed by atoms with Gasteiger partial charge in [0.2, 0.25) is 0 Å². The quantitative estimate of drug-likeness (QED) is 0.277. The van der Waals surface area contributed by atoms with E-state index in [1.807, 2.05) is 18.2 Å². The van der Waals surface area contributed by atoms with Crippen LogP contribution < -0.4 is 4.90 Å². The van der Waals surface area contributed by atoms with Crippen molar-refractivity contribution in [3.05, 3.63) is 95.1 Å². The predicted molar refractivity (Wildman–Crippen MR) is 129 cm³/mol. The molecule has 0 aromatic heterocycles. The lowest BCUT2D eigenvalue weighted by Gasteiger charge is -2.24. The Labute approximate surface area is 190 Å². The van der Waals surface area contributed by atoms with E-state index in [0.717, 1.165) is 12.0 Å². The van der Waals surface area contributed by atoms with Gasteiger partial charge in [-0.3, -0.25) is 9.59 Å². The highest BCUT2D eigenvalue weighted by Gasteiger charge is 2.19. The van der Waals surface area contributed by atoms with Crippen LogP contribution in [0.5, 0.6) is 5.75 Å². The molecule has 1 amide bonds. The highest BCUT2D eigenvalue weighted by molar-refractivity contribution is 6.06. The Balaban J connectivity index is 1.78. The minimum atomic E-state index is -0.159. The number of aromatic hydroxyl groups is 1. The molecule has 1 N–H and O–H groups in total. The topological polar surface area (TPSA) is 57.6 Å². The number of aldehydes is 1. The number of carbonyl (C=O) groups excluding carboxylic acids is 2. The van der Waals surface area contributed by atoms with Gasteiger partial charge in [0.05, 0.1) is 12.1 Å². The summed E-state index contributed by atoms with van der Waals surface area (Å²) in [5.41, 5.74) is 3.60. The van der Waals surface area contributed by atoms with Crippen molar-refractivity contribution in [1.82, 2.24) is 0 Å². The van der Waals surface area contributed by atoms with E-state index in [2.05, 4.69) is 31.2 Å². The van der Waals surface area contributed by atoms with Crippen LogP contribution >= 0.6 is 0 Å². The van der Waals surface area contributed by atoms with Crippen molar-refractivity contribution in [3.63, 3.8) is 0 Å². The third kappa shape index (κ3) is 6.30. The lowest BCUT2D eigenvalue weighted by Crippen LogP contribution is -2.30. The van der Waals surface area contributed by atoms with Gasteiger partial charge in [0, 0.05) is 11.3 Å². The molecule has 32 heavy (non-hydrogen) atoms. The monoisotopic (exact) mass is 429 g/mol. The molecule has 0 atom stereocenters. The van der Waals surface area contributed by atoms with Gasteiger partial charge in [-0.25, -0.2) is 0 Å². The normalized spacial score (nSPS) is 10.7. The third-order valence-electron chi connectivity index (χ3n) is 5.65. The fraction of sp³-hybridized carbons (Fsp3) is 0.286. The molecule has 0 aliphatic carbocycles. The Morgan fingerprint density at radius 1 is 0.875 bits per heavy atom. The van der Waals surface area contributed by atoms with Crippen molar-refractivity contribution >= 4 is 17.9 Å². The number of hydrogen-bond acceptors (Lipinski definition) is 3. The summed E-state index contributed by atoms with van der Waals surface area (Å²) < 4.78 is 0. The lowest BCUT2D eigenvalue weighted by molar-refractivity contribution is 0.0984. The predicted octanol–water partition coefficient (Wildman–Crippen LogP) is 6.56. The maximum absolute atomic E-state index is 13.3. The van der Waals surface area contributed by atoms with E-state index in [0.29, 0.717) is 24.1 Å². The Kier molecular flexibility index (Phi) is 8.61. The first kappa shape index (κ1) is 23.3. The zero-order valence-corrected chi connectivity index (χ0v) is 18.7. The van der Waals surface area contributed by atoms with Crippen molar-refractivity contribution in [1.29, 1.82) is 0 Å². The van der Waals surface area contributed by atoms with Gasteiger partial charge in [-0.1, -0.05) is 75.1 Å². The molecule has 0 unspecified atom stereocenters. The minimum absolute atomic E-state index is 0.0980. The van der Waals surface area contributed by atoms with Crippen LogP contribution in [-0.2, 0) is 13.0 Å². The Bertz CT molecular complexity index is 1010. The summed E-state index contributed by atoms with van der Waals surface area (Å²) in [6.07, 6.45) is 7.96. The summed E-state index contributed by atoms with van der Waals surface area (Å²) in [6, 6.07) is 22.1. The number of hydrogen-bond donors (Lipinski definition) is 1. The van der Waals surface area contributed by atoms with Gasteiger partial charge in [-0.15, -0.1) is 0 Å². The molecule has 3 aromatic carbocycles. The summed E-state index contributed by atoms with van der Waals surface area (Å²) >= 11 is 0.